The largest absolute Gasteiger partial charge is 0.406 e. The first-order valence-corrected chi connectivity index (χ1v) is 23.9. The smallest absolute Gasteiger partial charge is 0.331 e. The Morgan fingerprint density at radius 3 is 1.21 bits per heavy atom. The van der Waals surface area contributed by atoms with Crippen LogP contribution in [0.2, 0.25) is 0 Å². The van der Waals surface area contributed by atoms with Gasteiger partial charge in [0.15, 0.2) is 0 Å². The number of quaternary nitrogens is 2. The fourth-order valence-electron chi connectivity index (χ4n) is 10.2. The van der Waals surface area contributed by atoms with E-state index in [2.05, 4.69) is 127 Å². The molecule has 0 spiro atoms. The second-order valence-electron chi connectivity index (χ2n) is 20.6. The number of halogens is 3. The SMILES string of the molecule is Cc1ccc(-c2ccc(-c3ccc(C(c4ccccc4)(c4ccc(-c5ccc(-c6ccc(C7(C)CC[N+](C)(CCCCCC[N+](C)(C)C)CC7)cc6)cc5)cc4)C(F)(F)F)cc3)cc2)cc1. The second-order valence-corrected chi connectivity index (χ2v) is 20.6. The van der Waals surface area contributed by atoms with Gasteiger partial charge in [0, 0.05) is 18.3 Å². The molecule has 0 radical (unpaired) electrons. The lowest BCUT2D eigenvalue weighted by Crippen LogP contribution is -2.53. The maximum absolute atomic E-state index is 16.0. The summed E-state index contributed by atoms with van der Waals surface area (Å²) in [5, 5.41) is 0. The molecule has 0 aliphatic carbocycles. The van der Waals surface area contributed by atoms with E-state index in [1.807, 2.05) is 36.4 Å². The number of unbranched alkanes of at least 4 members (excludes halogenated alkanes) is 3. The summed E-state index contributed by atoms with van der Waals surface area (Å²) < 4.78 is 50.2. The summed E-state index contributed by atoms with van der Waals surface area (Å²) >= 11 is 0. The monoisotopic (exact) mass is 885 g/mol. The molecule has 8 rings (SSSR count). The third-order valence-electron chi connectivity index (χ3n) is 14.7. The van der Waals surface area contributed by atoms with Gasteiger partial charge in [0.25, 0.3) is 0 Å². The summed E-state index contributed by atoms with van der Waals surface area (Å²) in [6, 6.07) is 56.3. The molecule has 2 nitrogen and oxygen atoms in total. The van der Waals surface area contributed by atoms with Crippen molar-refractivity contribution < 1.29 is 22.1 Å². The molecule has 0 aromatic heterocycles. The van der Waals surface area contributed by atoms with Crippen molar-refractivity contribution in [3.8, 4) is 44.5 Å². The lowest BCUT2D eigenvalue weighted by atomic mass is 9.68. The van der Waals surface area contributed by atoms with Gasteiger partial charge in [-0.3, -0.25) is 0 Å². The van der Waals surface area contributed by atoms with Crippen molar-refractivity contribution in [3.63, 3.8) is 0 Å². The van der Waals surface area contributed by atoms with E-state index in [4.69, 9.17) is 0 Å². The van der Waals surface area contributed by atoms with Crippen molar-refractivity contribution >= 4 is 0 Å². The first-order chi connectivity index (χ1) is 31.6. The van der Waals surface area contributed by atoms with E-state index in [1.54, 1.807) is 54.6 Å². The van der Waals surface area contributed by atoms with E-state index in [9.17, 15) is 0 Å². The van der Waals surface area contributed by atoms with Crippen LogP contribution in [0, 0.1) is 6.92 Å². The topological polar surface area (TPSA) is 0 Å². The molecule has 1 fully saturated rings. The Morgan fingerprint density at radius 1 is 0.470 bits per heavy atom. The van der Waals surface area contributed by atoms with Crippen LogP contribution in [0.3, 0.4) is 0 Å². The molecule has 7 aromatic carbocycles. The lowest BCUT2D eigenvalue weighted by Gasteiger charge is -2.45. The summed E-state index contributed by atoms with van der Waals surface area (Å²) in [6.45, 7) is 9.49. The molecule has 1 heterocycles. The highest BCUT2D eigenvalue weighted by molar-refractivity contribution is 5.73. The molecule has 0 amide bonds. The number of nitrogens with zero attached hydrogens (tertiary/aromatic N) is 2. The third kappa shape index (κ3) is 10.3. The maximum Gasteiger partial charge on any atom is 0.406 e. The molecule has 1 atom stereocenters. The van der Waals surface area contributed by atoms with Gasteiger partial charge in [0.1, 0.15) is 5.41 Å². The number of likely N-dealkylation sites (tertiary alicyclic amines) is 1. The van der Waals surface area contributed by atoms with Crippen molar-refractivity contribution in [3.05, 3.63) is 204 Å². The number of hydrogen-bond donors (Lipinski definition) is 0. The highest BCUT2D eigenvalue weighted by Gasteiger charge is 2.58. The van der Waals surface area contributed by atoms with Gasteiger partial charge >= 0.3 is 6.18 Å². The van der Waals surface area contributed by atoms with E-state index >= 15 is 13.2 Å². The molecule has 0 saturated carbocycles. The van der Waals surface area contributed by atoms with Gasteiger partial charge in [-0.1, -0.05) is 188 Å². The maximum atomic E-state index is 16.0. The average molecular weight is 885 g/mol. The number of benzene rings is 7. The predicted octanol–water partition coefficient (Wildman–Crippen LogP) is 15.3. The van der Waals surface area contributed by atoms with E-state index < -0.39 is 11.6 Å². The minimum absolute atomic E-state index is 0.173. The normalized spacial score (nSPS) is 18.7. The lowest BCUT2D eigenvalue weighted by molar-refractivity contribution is -0.915. The molecule has 340 valence electrons. The van der Waals surface area contributed by atoms with E-state index in [1.165, 1.54) is 80.3 Å². The average Bonchev–Trinajstić information content (AvgIpc) is 3.32. The van der Waals surface area contributed by atoms with Crippen LogP contribution in [0.4, 0.5) is 13.2 Å². The van der Waals surface area contributed by atoms with Crippen LogP contribution in [-0.2, 0) is 10.8 Å². The van der Waals surface area contributed by atoms with Crippen molar-refractivity contribution in [2.45, 2.75) is 69.4 Å². The molecule has 7 aromatic rings. The Hall–Kier alpha value is -5.75. The zero-order valence-corrected chi connectivity index (χ0v) is 39.8. The molecule has 0 bridgehead atoms. The van der Waals surface area contributed by atoms with Crippen molar-refractivity contribution in [2.24, 2.45) is 0 Å². The van der Waals surface area contributed by atoms with Gasteiger partial charge in [0.05, 0.1) is 54.4 Å². The standard InChI is InChI=1S/C61H67F3N2/c1-46-16-18-47(19-17-46)48-20-22-50(23-21-48)53-30-36-57(37-31-53)60(61(62,63)64,56-14-10-9-11-15-56)58-38-32-54(33-39-58)51-26-24-49(25-27-51)52-28-34-55(35-29-52)59(2)40-44-66(6,45-41-59)43-13-8-7-12-42-65(3,4)5/h9-11,14-39H,7-8,12-13,40-45H2,1-6H3/q+2. The third-order valence-corrected chi connectivity index (χ3v) is 14.7. The van der Waals surface area contributed by atoms with Crippen LogP contribution in [0.25, 0.3) is 44.5 Å². The highest BCUT2D eigenvalue weighted by atomic mass is 19.4. The molecule has 1 saturated heterocycles. The molecule has 1 aliphatic heterocycles. The number of hydrogen-bond acceptors (Lipinski definition) is 0. The number of piperidine rings is 1. The van der Waals surface area contributed by atoms with Crippen molar-refractivity contribution in [1.29, 1.82) is 0 Å². The van der Waals surface area contributed by atoms with Crippen molar-refractivity contribution in [1.82, 2.24) is 0 Å². The zero-order chi connectivity index (χ0) is 46.6. The molecule has 1 aliphatic rings. The van der Waals surface area contributed by atoms with Crippen LogP contribution < -0.4 is 0 Å². The van der Waals surface area contributed by atoms with Crippen LogP contribution in [0.15, 0.2) is 176 Å². The zero-order valence-electron chi connectivity index (χ0n) is 39.8. The van der Waals surface area contributed by atoms with Gasteiger partial charge < -0.3 is 8.97 Å². The first-order valence-electron chi connectivity index (χ1n) is 23.9. The molecule has 66 heavy (non-hydrogen) atoms. The van der Waals surface area contributed by atoms with Crippen LogP contribution in [0.5, 0.6) is 0 Å². The Morgan fingerprint density at radius 2 is 0.818 bits per heavy atom. The molecular weight excluding hydrogens is 818 g/mol. The minimum atomic E-state index is -4.64. The molecule has 0 N–H and O–H groups in total. The fourth-order valence-corrected chi connectivity index (χ4v) is 10.2. The van der Waals surface area contributed by atoms with E-state index in [0.717, 1.165) is 49.0 Å². The Bertz CT molecular complexity index is 2630. The second kappa shape index (κ2) is 19.2. The van der Waals surface area contributed by atoms with Crippen LogP contribution >= 0.6 is 0 Å². The molecular formula is C61H67F3N2+2. The summed E-state index contributed by atoms with van der Waals surface area (Å²) in [5.41, 5.74) is 9.06. The number of aryl methyl sites for hydroxylation is 1. The number of rotatable bonds is 15. The van der Waals surface area contributed by atoms with Gasteiger partial charge in [-0.05, 0) is 99.4 Å². The van der Waals surface area contributed by atoms with E-state index in [-0.39, 0.29) is 22.1 Å². The van der Waals surface area contributed by atoms with Gasteiger partial charge in [-0.25, -0.2) is 0 Å². The van der Waals surface area contributed by atoms with Gasteiger partial charge in [0.2, 0.25) is 0 Å². The van der Waals surface area contributed by atoms with Crippen LogP contribution in [0.1, 0.15) is 73.3 Å². The summed E-state index contributed by atoms with van der Waals surface area (Å²) in [6.07, 6.45) is 3.06. The van der Waals surface area contributed by atoms with Crippen LogP contribution in [-0.4, -0.2) is 69.5 Å². The Balaban J connectivity index is 0.961. The summed E-state index contributed by atoms with van der Waals surface area (Å²) in [4.78, 5) is 0. The molecule has 5 heteroatoms. The predicted molar refractivity (Wildman–Crippen MR) is 270 cm³/mol. The minimum Gasteiger partial charge on any atom is -0.331 e. The molecule has 1 unspecified atom stereocenters. The van der Waals surface area contributed by atoms with E-state index in [0.29, 0.717) is 0 Å². The Labute approximate surface area is 392 Å². The Kier molecular flexibility index (Phi) is 13.6. The first kappa shape index (κ1) is 46.8. The van der Waals surface area contributed by atoms with Gasteiger partial charge in [-0.2, -0.15) is 13.2 Å². The number of alkyl halides is 3. The summed E-state index contributed by atoms with van der Waals surface area (Å²) in [5.74, 6) is 0. The highest BCUT2D eigenvalue weighted by Crippen LogP contribution is 2.52. The van der Waals surface area contributed by atoms with Crippen molar-refractivity contribution in [2.75, 3.05) is 54.4 Å². The fraction of sp³-hybridized carbons (Fsp3) is 0.311. The van der Waals surface area contributed by atoms with Gasteiger partial charge in [-0.15, -0.1) is 0 Å². The summed E-state index contributed by atoms with van der Waals surface area (Å²) in [7, 11) is 9.30. The quantitative estimate of drug-likeness (QED) is 0.0547.